The quantitative estimate of drug-likeness (QED) is 0.169. The van der Waals surface area contributed by atoms with Gasteiger partial charge in [0.1, 0.15) is 11.2 Å². The first-order chi connectivity index (χ1) is 24.9. The topological polar surface area (TPSA) is 16.4 Å². The van der Waals surface area contributed by atoms with Gasteiger partial charge in [0.25, 0.3) is 0 Å². The van der Waals surface area contributed by atoms with Crippen LogP contribution in [-0.4, -0.2) is 0 Å². The lowest BCUT2D eigenvalue weighted by Gasteiger charge is -2.49. The van der Waals surface area contributed by atoms with Gasteiger partial charge in [0.15, 0.2) is 0 Å². The monoisotopic (exact) mass is 675 g/mol. The molecule has 256 valence electrons. The zero-order chi connectivity index (χ0) is 36.2. The predicted octanol–water partition coefficient (Wildman–Crippen LogP) is 14.0. The van der Waals surface area contributed by atoms with E-state index in [1.165, 1.54) is 55.3 Å². The zero-order valence-electron chi connectivity index (χ0n) is 31.3. The van der Waals surface area contributed by atoms with Gasteiger partial charge in [-0.05, 0) is 128 Å². The van der Waals surface area contributed by atoms with E-state index in [4.69, 9.17) is 4.42 Å². The molecule has 0 saturated heterocycles. The number of hydrogen-bond donors (Lipinski definition) is 0. The van der Waals surface area contributed by atoms with Crippen molar-refractivity contribution < 1.29 is 4.42 Å². The molecule has 52 heavy (non-hydrogen) atoms. The van der Waals surface area contributed by atoms with Crippen molar-refractivity contribution in [1.82, 2.24) is 0 Å². The van der Waals surface area contributed by atoms with Crippen molar-refractivity contribution in [3.63, 3.8) is 0 Å². The molecular weight excluding hydrogens is 631 g/mol. The van der Waals surface area contributed by atoms with Crippen LogP contribution in [0.5, 0.6) is 0 Å². The van der Waals surface area contributed by atoms with E-state index >= 15 is 0 Å². The highest BCUT2D eigenvalue weighted by Crippen LogP contribution is 2.56. The fourth-order valence-electron chi connectivity index (χ4n) is 9.14. The first-order valence-corrected chi connectivity index (χ1v) is 18.5. The van der Waals surface area contributed by atoms with Gasteiger partial charge in [0, 0.05) is 39.3 Å². The summed E-state index contributed by atoms with van der Waals surface area (Å²) in [6.07, 6.45) is 4.41. The Morgan fingerprint density at radius 1 is 0.577 bits per heavy atom. The Bertz CT molecular complexity index is 2690. The highest BCUT2D eigenvalue weighted by Gasteiger charge is 2.46. The molecule has 6 aromatic carbocycles. The number of allylic oxidation sites excluding steroid dienone is 4. The Morgan fingerprint density at radius 3 is 2.00 bits per heavy atom. The second kappa shape index (κ2) is 11.2. The summed E-state index contributed by atoms with van der Waals surface area (Å²) in [6.45, 7) is 21.0. The summed E-state index contributed by atoms with van der Waals surface area (Å²) in [5.41, 5.74) is 15.2. The lowest BCUT2D eigenvalue weighted by Crippen LogP contribution is -2.41. The number of para-hydroxylation sites is 1. The molecule has 0 radical (unpaired) electrons. The molecule has 0 fully saturated rings. The average molecular weight is 676 g/mol. The summed E-state index contributed by atoms with van der Waals surface area (Å²) in [4.78, 5) is 2.37. The van der Waals surface area contributed by atoms with E-state index < -0.39 is 0 Å². The Labute approximate surface area is 307 Å². The fraction of sp³-hybridized carbons (Fsp3) is 0.200. The maximum absolute atomic E-state index is 6.46. The van der Waals surface area contributed by atoms with E-state index in [0.717, 1.165) is 39.0 Å². The van der Waals surface area contributed by atoms with Gasteiger partial charge in [0.2, 0.25) is 0 Å². The number of fused-ring (bicyclic) bond motifs is 8. The fourth-order valence-corrected chi connectivity index (χ4v) is 9.14. The summed E-state index contributed by atoms with van der Waals surface area (Å²) in [5.74, 6) is 0. The SMILES string of the molecule is C=C/C(=C\C1=C(C)c2ccccc2C(C)(C)C1(C)C)N(c1ccc2c(c1)C(C)(C)c1cc3ccccc3cc1-2)c1ccc2c(c1)oc1ccccc12. The molecule has 0 N–H and O–H groups in total. The largest absolute Gasteiger partial charge is 0.456 e. The van der Waals surface area contributed by atoms with Gasteiger partial charge in [0.05, 0.1) is 0 Å². The van der Waals surface area contributed by atoms with Crippen LogP contribution in [0, 0.1) is 5.41 Å². The Kier molecular flexibility index (Phi) is 6.96. The van der Waals surface area contributed by atoms with Crippen molar-refractivity contribution in [2.24, 2.45) is 5.41 Å². The van der Waals surface area contributed by atoms with Crippen LogP contribution < -0.4 is 4.90 Å². The van der Waals surface area contributed by atoms with Crippen LogP contribution in [0.3, 0.4) is 0 Å². The van der Waals surface area contributed by atoms with Crippen LogP contribution in [0.4, 0.5) is 11.4 Å². The smallest absolute Gasteiger partial charge is 0.137 e. The Balaban J connectivity index is 1.27. The van der Waals surface area contributed by atoms with Crippen molar-refractivity contribution in [1.29, 1.82) is 0 Å². The molecule has 2 heteroatoms. The van der Waals surface area contributed by atoms with Crippen LogP contribution in [0.15, 0.2) is 156 Å². The second-order valence-corrected chi connectivity index (χ2v) is 16.3. The Hall–Kier alpha value is -5.60. The summed E-state index contributed by atoms with van der Waals surface area (Å²) >= 11 is 0. The number of furan rings is 1. The molecule has 2 nitrogen and oxygen atoms in total. The molecule has 1 heterocycles. The lowest BCUT2D eigenvalue weighted by atomic mass is 9.55. The number of rotatable bonds is 5. The van der Waals surface area contributed by atoms with Crippen molar-refractivity contribution in [3.05, 3.63) is 174 Å². The van der Waals surface area contributed by atoms with Gasteiger partial charge in [-0.2, -0.15) is 0 Å². The maximum Gasteiger partial charge on any atom is 0.137 e. The van der Waals surface area contributed by atoms with Crippen LogP contribution in [0.25, 0.3) is 49.4 Å². The normalized spacial score (nSPS) is 16.9. The molecule has 0 atom stereocenters. The van der Waals surface area contributed by atoms with Gasteiger partial charge in [-0.15, -0.1) is 0 Å². The molecule has 1 aromatic heterocycles. The van der Waals surface area contributed by atoms with E-state index in [2.05, 4.69) is 175 Å². The van der Waals surface area contributed by atoms with Crippen LogP contribution in [0.1, 0.15) is 70.7 Å². The van der Waals surface area contributed by atoms with E-state index in [-0.39, 0.29) is 16.2 Å². The summed E-state index contributed by atoms with van der Waals surface area (Å²) < 4.78 is 6.46. The van der Waals surface area contributed by atoms with E-state index in [1.54, 1.807) is 0 Å². The molecule has 2 aliphatic carbocycles. The third-order valence-electron chi connectivity index (χ3n) is 12.8. The maximum atomic E-state index is 6.46. The number of anilines is 2. The summed E-state index contributed by atoms with van der Waals surface area (Å²) in [6, 6.07) is 44.3. The van der Waals surface area contributed by atoms with Crippen LogP contribution in [-0.2, 0) is 10.8 Å². The minimum atomic E-state index is -0.171. The van der Waals surface area contributed by atoms with Crippen LogP contribution in [0.2, 0.25) is 0 Å². The van der Waals surface area contributed by atoms with Crippen molar-refractivity contribution in [3.8, 4) is 11.1 Å². The van der Waals surface area contributed by atoms with Crippen molar-refractivity contribution >= 4 is 49.7 Å². The highest BCUT2D eigenvalue weighted by molar-refractivity contribution is 6.06. The third-order valence-corrected chi connectivity index (χ3v) is 12.8. The zero-order valence-corrected chi connectivity index (χ0v) is 31.3. The second-order valence-electron chi connectivity index (χ2n) is 16.3. The van der Waals surface area contributed by atoms with E-state index in [1.807, 2.05) is 18.2 Å². The van der Waals surface area contributed by atoms with Crippen LogP contribution >= 0.6 is 0 Å². The molecule has 0 spiro atoms. The van der Waals surface area contributed by atoms with Gasteiger partial charge in [-0.25, -0.2) is 0 Å². The standard InChI is InChI=1S/C50H45NO/c1-9-34(28-43-31(2)37-18-12-14-20-42(37)49(5,6)50(43,7)8)51(36-23-25-40-39-19-13-15-21-46(39)52-47(40)30-36)35-22-24-38-41-26-32-16-10-11-17-33(32)27-44(41)48(3,4)45(38)29-35/h9-30H,1H2,2-8H3/b34-28+. The van der Waals surface area contributed by atoms with Gasteiger partial charge >= 0.3 is 0 Å². The first-order valence-electron chi connectivity index (χ1n) is 18.5. The molecule has 9 rings (SSSR count). The number of benzene rings is 6. The number of nitrogens with zero attached hydrogens (tertiary/aromatic N) is 1. The molecule has 2 aliphatic rings. The minimum Gasteiger partial charge on any atom is -0.456 e. The molecule has 0 bridgehead atoms. The first kappa shape index (κ1) is 32.3. The van der Waals surface area contributed by atoms with Gasteiger partial charge < -0.3 is 9.32 Å². The molecule has 0 saturated carbocycles. The molecule has 7 aromatic rings. The lowest BCUT2D eigenvalue weighted by molar-refractivity contribution is 0.250. The molecule has 0 unspecified atom stereocenters. The summed E-state index contributed by atoms with van der Waals surface area (Å²) in [7, 11) is 0. The minimum absolute atomic E-state index is 0.0911. The van der Waals surface area contributed by atoms with E-state index in [9.17, 15) is 0 Å². The highest BCUT2D eigenvalue weighted by atomic mass is 16.3. The predicted molar refractivity (Wildman–Crippen MR) is 221 cm³/mol. The molecule has 0 amide bonds. The third kappa shape index (κ3) is 4.50. The van der Waals surface area contributed by atoms with E-state index in [0.29, 0.717) is 0 Å². The number of hydrogen-bond acceptors (Lipinski definition) is 2. The van der Waals surface area contributed by atoms with Crippen molar-refractivity contribution in [2.75, 3.05) is 4.90 Å². The van der Waals surface area contributed by atoms with Gasteiger partial charge in [-0.3, -0.25) is 0 Å². The molecular formula is C50H45NO. The van der Waals surface area contributed by atoms with Crippen molar-refractivity contribution in [2.45, 2.75) is 59.3 Å². The summed E-state index contributed by atoms with van der Waals surface area (Å²) in [5, 5.41) is 4.80. The Morgan fingerprint density at radius 2 is 1.21 bits per heavy atom. The van der Waals surface area contributed by atoms with Gasteiger partial charge in [-0.1, -0.05) is 121 Å². The molecule has 0 aliphatic heterocycles. The average Bonchev–Trinajstić information content (AvgIpc) is 3.62.